The van der Waals surface area contributed by atoms with Crippen molar-refractivity contribution in [2.24, 2.45) is 11.7 Å². The summed E-state index contributed by atoms with van der Waals surface area (Å²) in [7, 11) is 0. The molecule has 0 fully saturated rings. The summed E-state index contributed by atoms with van der Waals surface area (Å²) in [5.41, 5.74) is 7.42. The normalized spacial score (nSPS) is 14.9. The molecule has 84 valence electrons. The minimum atomic E-state index is 0.177. The van der Waals surface area contributed by atoms with E-state index in [9.17, 15) is 0 Å². The van der Waals surface area contributed by atoms with E-state index >= 15 is 0 Å². The lowest BCUT2D eigenvalue weighted by atomic mass is 9.93. The Hall–Kier alpha value is -0.470. The van der Waals surface area contributed by atoms with E-state index in [0.717, 1.165) is 12.2 Å². The topological polar surface area (TPSA) is 26.0 Å². The van der Waals surface area contributed by atoms with E-state index in [-0.39, 0.29) is 6.04 Å². The molecule has 0 aliphatic rings. The molecule has 0 bridgehead atoms. The first-order valence-electron chi connectivity index (χ1n) is 5.67. The number of rotatable bonds is 5. The van der Waals surface area contributed by atoms with Gasteiger partial charge in [0.05, 0.1) is 0 Å². The highest BCUT2D eigenvalue weighted by Crippen LogP contribution is 2.24. The SMILES string of the molecule is CCSc1ccc([C@@H](N)C(C)CC)cc1. The Labute approximate surface area is 97.4 Å². The zero-order valence-corrected chi connectivity index (χ0v) is 10.7. The van der Waals surface area contributed by atoms with Gasteiger partial charge in [-0.1, -0.05) is 39.3 Å². The van der Waals surface area contributed by atoms with Gasteiger partial charge >= 0.3 is 0 Å². The predicted molar refractivity (Wildman–Crippen MR) is 69.2 cm³/mol. The van der Waals surface area contributed by atoms with Crippen LogP contribution in [0.2, 0.25) is 0 Å². The smallest absolute Gasteiger partial charge is 0.0320 e. The fourth-order valence-electron chi connectivity index (χ4n) is 1.54. The first-order chi connectivity index (χ1) is 7.19. The predicted octanol–water partition coefficient (Wildman–Crippen LogP) is 3.84. The van der Waals surface area contributed by atoms with Gasteiger partial charge in [0.2, 0.25) is 0 Å². The fourth-order valence-corrected chi connectivity index (χ4v) is 2.20. The molecular weight excluding hydrogens is 202 g/mol. The van der Waals surface area contributed by atoms with Crippen LogP contribution >= 0.6 is 11.8 Å². The van der Waals surface area contributed by atoms with Crippen LogP contribution in [0.1, 0.15) is 38.8 Å². The van der Waals surface area contributed by atoms with Crippen molar-refractivity contribution in [3.05, 3.63) is 29.8 Å². The van der Waals surface area contributed by atoms with Crippen molar-refractivity contribution in [2.45, 2.75) is 38.1 Å². The van der Waals surface area contributed by atoms with Gasteiger partial charge in [-0.2, -0.15) is 0 Å². The molecule has 2 N–H and O–H groups in total. The van der Waals surface area contributed by atoms with Crippen LogP contribution in [0.5, 0.6) is 0 Å². The molecule has 1 aromatic rings. The Morgan fingerprint density at radius 1 is 1.20 bits per heavy atom. The van der Waals surface area contributed by atoms with Crippen molar-refractivity contribution < 1.29 is 0 Å². The third-order valence-electron chi connectivity index (χ3n) is 2.83. The second kappa shape index (κ2) is 6.19. The third-order valence-corrected chi connectivity index (χ3v) is 3.73. The molecule has 1 nitrogen and oxygen atoms in total. The van der Waals surface area contributed by atoms with Gasteiger partial charge in [-0.25, -0.2) is 0 Å². The summed E-state index contributed by atoms with van der Waals surface area (Å²) in [6.07, 6.45) is 1.13. The van der Waals surface area contributed by atoms with E-state index < -0.39 is 0 Å². The van der Waals surface area contributed by atoms with Gasteiger partial charge in [0.15, 0.2) is 0 Å². The molecule has 1 aromatic carbocycles. The summed E-state index contributed by atoms with van der Waals surface area (Å²) < 4.78 is 0. The third kappa shape index (κ3) is 3.54. The largest absolute Gasteiger partial charge is 0.324 e. The highest BCUT2D eigenvalue weighted by atomic mass is 32.2. The molecule has 0 amide bonds. The van der Waals surface area contributed by atoms with E-state index in [1.807, 2.05) is 11.8 Å². The van der Waals surface area contributed by atoms with Gasteiger partial charge in [-0.05, 0) is 29.4 Å². The highest BCUT2D eigenvalue weighted by Gasteiger charge is 2.12. The van der Waals surface area contributed by atoms with E-state index in [0.29, 0.717) is 5.92 Å². The summed E-state index contributed by atoms with van der Waals surface area (Å²) in [6, 6.07) is 8.84. The molecule has 0 saturated carbocycles. The average Bonchev–Trinajstić information content (AvgIpc) is 2.28. The second-order valence-corrected chi connectivity index (χ2v) is 5.25. The van der Waals surface area contributed by atoms with Crippen LogP contribution < -0.4 is 5.73 Å². The molecule has 1 rings (SSSR count). The number of benzene rings is 1. The fraction of sp³-hybridized carbons (Fsp3) is 0.538. The summed E-state index contributed by atoms with van der Waals surface area (Å²) in [4.78, 5) is 1.33. The van der Waals surface area contributed by atoms with Crippen molar-refractivity contribution in [3.8, 4) is 0 Å². The van der Waals surface area contributed by atoms with E-state index in [1.165, 1.54) is 10.5 Å². The van der Waals surface area contributed by atoms with Gasteiger partial charge in [0.25, 0.3) is 0 Å². The van der Waals surface area contributed by atoms with E-state index in [4.69, 9.17) is 5.73 Å². The van der Waals surface area contributed by atoms with Crippen molar-refractivity contribution in [1.82, 2.24) is 0 Å². The van der Waals surface area contributed by atoms with Crippen LogP contribution in [-0.4, -0.2) is 5.75 Å². The maximum atomic E-state index is 6.17. The zero-order chi connectivity index (χ0) is 11.3. The summed E-state index contributed by atoms with van der Waals surface area (Å²) in [6.45, 7) is 6.56. The quantitative estimate of drug-likeness (QED) is 0.767. The summed E-state index contributed by atoms with van der Waals surface area (Å²) in [5, 5.41) is 0. The van der Waals surface area contributed by atoms with Crippen molar-refractivity contribution in [2.75, 3.05) is 5.75 Å². The monoisotopic (exact) mass is 223 g/mol. The Balaban J connectivity index is 2.70. The molecule has 2 atom stereocenters. The van der Waals surface area contributed by atoms with Crippen molar-refractivity contribution in [1.29, 1.82) is 0 Å². The maximum absolute atomic E-state index is 6.17. The number of thioether (sulfide) groups is 1. The lowest BCUT2D eigenvalue weighted by Gasteiger charge is -2.18. The van der Waals surface area contributed by atoms with Crippen molar-refractivity contribution >= 4 is 11.8 Å². The minimum Gasteiger partial charge on any atom is -0.324 e. The van der Waals surface area contributed by atoms with Gasteiger partial charge in [-0.15, -0.1) is 11.8 Å². The molecule has 0 aromatic heterocycles. The zero-order valence-electron chi connectivity index (χ0n) is 9.86. The molecule has 15 heavy (non-hydrogen) atoms. The maximum Gasteiger partial charge on any atom is 0.0320 e. The van der Waals surface area contributed by atoms with Crippen LogP contribution in [-0.2, 0) is 0 Å². The second-order valence-electron chi connectivity index (χ2n) is 3.91. The van der Waals surface area contributed by atoms with Gasteiger partial charge < -0.3 is 5.73 Å². The molecule has 0 heterocycles. The van der Waals surface area contributed by atoms with Crippen LogP contribution in [0, 0.1) is 5.92 Å². The number of hydrogen-bond donors (Lipinski definition) is 1. The number of hydrogen-bond acceptors (Lipinski definition) is 2. The van der Waals surface area contributed by atoms with E-state index in [1.54, 1.807) is 0 Å². The lowest BCUT2D eigenvalue weighted by molar-refractivity contribution is 0.456. The van der Waals surface area contributed by atoms with Crippen LogP contribution in [0.25, 0.3) is 0 Å². The molecule has 0 aliphatic heterocycles. The Bertz CT molecular complexity index is 281. The van der Waals surface area contributed by atoms with Crippen molar-refractivity contribution in [3.63, 3.8) is 0 Å². The van der Waals surface area contributed by atoms with Crippen LogP contribution in [0.3, 0.4) is 0 Å². The van der Waals surface area contributed by atoms with Gasteiger partial charge in [0, 0.05) is 10.9 Å². The molecule has 0 spiro atoms. The van der Waals surface area contributed by atoms with Crippen LogP contribution in [0.15, 0.2) is 29.2 Å². The average molecular weight is 223 g/mol. The Morgan fingerprint density at radius 3 is 2.27 bits per heavy atom. The lowest BCUT2D eigenvalue weighted by Crippen LogP contribution is -2.18. The Morgan fingerprint density at radius 2 is 1.80 bits per heavy atom. The van der Waals surface area contributed by atoms with Gasteiger partial charge in [-0.3, -0.25) is 0 Å². The first kappa shape index (κ1) is 12.6. The first-order valence-corrected chi connectivity index (χ1v) is 6.65. The number of nitrogens with two attached hydrogens (primary N) is 1. The molecular formula is C13H21NS. The molecule has 0 radical (unpaired) electrons. The molecule has 0 aliphatic carbocycles. The Kier molecular flexibility index (Phi) is 5.20. The molecule has 1 unspecified atom stereocenters. The molecule has 2 heteroatoms. The minimum absolute atomic E-state index is 0.177. The standard InChI is InChI=1S/C13H21NS/c1-4-10(3)13(14)11-6-8-12(9-7-11)15-5-2/h6-10,13H,4-5,14H2,1-3H3/t10?,13-/m0/s1. The van der Waals surface area contributed by atoms with E-state index in [2.05, 4.69) is 45.0 Å². The van der Waals surface area contributed by atoms with Crippen LogP contribution in [0.4, 0.5) is 0 Å². The molecule has 0 saturated heterocycles. The summed E-state index contributed by atoms with van der Waals surface area (Å²) >= 11 is 1.87. The highest BCUT2D eigenvalue weighted by molar-refractivity contribution is 7.99. The van der Waals surface area contributed by atoms with Gasteiger partial charge in [0.1, 0.15) is 0 Å². The summed E-state index contributed by atoms with van der Waals surface area (Å²) in [5.74, 6) is 1.67.